The Hall–Kier alpha value is -0.580. The SMILES string of the molecule is CCC(=O)NCCS(C)(=O)=O. The van der Waals surface area contributed by atoms with E-state index >= 15 is 0 Å². The van der Waals surface area contributed by atoms with Gasteiger partial charge in [0.15, 0.2) is 0 Å². The van der Waals surface area contributed by atoms with Crippen molar-refractivity contribution in [1.29, 1.82) is 0 Å². The van der Waals surface area contributed by atoms with Gasteiger partial charge >= 0.3 is 0 Å². The first kappa shape index (κ1) is 10.4. The molecule has 1 amide bonds. The number of carbonyl (C=O) groups is 1. The maximum atomic E-state index is 10.6. The Kier molecular flexibility index (Phi) is 4.10. The Labute approximate surface area is 66.9 Å². The fourth-order valence-electron chi connectivity index (χ4n) is 0.501. The molecule has 1 N–H and O–H groups in total. The average Bonchev–Trinajstić information content (AvgIpc) is 1.85. The molecule has 0 spiro atoms. The normalized spacial score (nSPS) is 11.1. The topological polar surface area (TPSA) is 63.2 Å². The molecule has 0 aliphatic rings. The van der Waals surface area contributed by atoms with Crippen LogP contribution < -0.4 is 5.32 Å². The van der Waals surface area contributed by atoms with Crippen LogP contribution in [0.4, 0.5) is 0 Å². The Morgan fingerprint density at radius 2 is 2.00 bits per heavy atom. The van der Waals surface area contributed by atoms with Crippen LogP contribution in [0.15, 0.2) is 0 Å². The van der Waals surface area contributed by atoms with E-state index in [2.05, 4.69) is 5.32 Å². The van der Waals surface area contributed by atoms with Gasteiger partial charge in [-0.2, -0.15) is 0 Å². The fraction of sp³-hybridized carbons (Fsp3) is 0.833. The zero-order chi connectivity index (χ0) is 8.91. The molecular formula is C6H13NO3S. The van der Waals surface area contributed by atoms with Crippen LogP contribution in [0.1, 0.15) is 13.3 Å². The minimum Gasteiger partial charge on any atom is -0.355 e. The molecule has 0 aliphatic heterocycles. The van der Waals surface area contributed by atoms with E-state index in [9.17, 15) is 13.2 Å². The monoisotopic (exact) mass is 179 g/mol. The van der Waals surface area contributed by atoms with Crippen LogP contribution in [0.5, 0.6) is 0 Å². The van der Waals surface area contributed by atoms with Gasteiger partial charge in [0.25, 0.3) is 0 Å². The summed E-state index contributed by atoms with van der Waals surface area (Å²) in [5.74, 6) is -0.104. The number of sulfone groups is 1. The van der Waals surface area contributed by atoms with Crippen molar-refractivity contribution in [2.75, 3.05) is 18.6 Å². The standard InChI is InChI=1S/C6H13NO3S/c1-3-6(8)7-4-5-11(2,9)10/h3-5H2,1-2H3,(H,7,8). The van der Waals surface area contributed by atoms with Gasteiger partial charge < -0.3 is 5.32 Å². The van der Waals surface area contributed by atoms with Crippen LogP contribution in [0.2, 0.25) is 0 Å². The molecule has 0 heterocycles. The van der Waals surface area contributed by atoms with Crippen molar-refractivity contribution in [3.63, 3.8) is 0 Å². The molecule has 0 rings (SSSR count). The van der Waals surface area contributed by atoms with Crippen LogP contribution in [0.25, 0.3) is 0 Å². The molecular weight excluding hydrogens is 166 g/mol. The lowest BCUT2D eigenvalue weighted by atomic mass is 10.4. The lowest BCUT2D eigenvalue weighted by Gasteiger charge is -2.00. The first-order valence-electron chi connectivity index (χ1n) is 3.40. The average molecular weight is 179 g/mol. The van der Waals surface area contributed by atoms with Crippen LogP contribution in [0, 0.1) is 0 Å². The Balaban J connectivity index is 3.51. The van der Waals surface area contributed by atoms with Gasteiger partial charge in [0.2, 0.25) is 5.91 Å². The number of amides is 1. The number of carbonyl (C=O) groups excluding carboxylic acids is 1. The van der Waals surface area contributed by atoms with Gasteiger partial charge in [-0.3, -0.25) is 4.79 Å². The molecule has 0 aromatic carbocycles. The molecule has 4 nitrogen and oxygen atoms in total. The molecule has 0 aromatic heterocycles. The van der Waals surface area contributed by atoms with Crippen molar-refractivity contribution in [3.05, 3.63) is 0 Å². The third-order valence-electron chi connectivity index (χ3n) is 1.12. The third-order valence-corrected chi connectivity index (χ3v) is 2.06. The summed E-state index contributed by atoms with van der Waals surface area (Å²) in [5.41, 5.74) is 0. The molecule has 11 heavy (non-hydrogen) atoms. The van der Waals surface area contributed by atoms with Crippen molar-refractivity contribution in [1.82, 2.24) is 5.32 Å². The highest BCUT2D eigenvalue weighted by Crippen LogP contribution is 1.80. The summed E-state index contributed by atoms with van der Waals surface area (Å²) < 4.78 is 21.1. The van der Waals surface area contributed by atoms with Crippen molar-refractivity contribution < 1.29 is 13.2 Å². The first-order chi connectivity index (χ1) is 4.95. The largest absolute Gasteiger partial charge is 0.355 e. The van der Waals surface area contributed by atoms with Crippen molar-refractivity contribution >= 4 is 15.7 Å². The predicted molar refractivity (Wildman–Crippen MR) is 43.0 cm³/mol. The molecule has 0 saturated heterocycles. The van der Waals surface area contributed by atoms with Gasteiger partial charge in [-0.25, -0.2) is 8.42 Å². The Morgan fingerprint density at radius 3 is 2.36 bits per heavy atom. The summed E-state index contributed by atoms with van der Waals surface area (Å²) in [7, 11) is -2.94. The van der Waals surface area contributed by atoms with E-state index in [1.807, 2.05) is 0 Å². The summed E-state index contributed by atoms with van der Waals surface area (Å²) in [6, 6.07) is 0. The van der Waals surface area contributed by atoms with Crippen LogP contribution in [0.3, 0.4) is 0 Å². The van der Waals surface area contributed by atoms with Gasteiger partial charge in [0.1, 0.15) is 9.84 Å². The Bertz CT molecular complexity index is 220. The van der Waals surface area contributed by atoms with E-state index in [-0.39, 0.29) is 18.2 Å². The zero-order valence-corrected chi connectivity index (χ0v) is 7.57. The van der Waals surface area contributed by atoms with Crippen molar-refractivity contribution in [2.24, 2.45) is 0 Å². The molecule has 0 fully saturated rings. The van der Waals surface area contributed by atoms with Crippen LogP contribution in [-0.2, 0) is 14.6 Å². The quantitative estimate of drug-likeness (QED) is 0.636. The maximum absolute atomic E-state index is 10.6. The smallest absolute Gasteiger partial charge is 0.219 e. The second kappa shape index (κ2) is 4.33. The molecule has 0 unspecified atom stereocenters. The number of hydrogen-bond donors (Lipinski definition) is 1. The van der Waals surface area contributed by atoms with E-state index in [1.54, 1.807) is 6.92 Å². The van der Waals surface area contributed by atoms with Crippen LogP contribution >= 0.6 is 0 Å². The summed E-state index contributed by atoms with van der Waals surface area (Å²) in [6.07, 6.45) is 1.54. The highest BCUT2D eigenvalue weighted by Gasteiger charge is 2.02. The van der Waals surface area contributed by atoms with E-state index in [4.69, 9.17) is 0 Å². The minimum atomic E-state index is -2.94. The molecule has 0 aromatic rings. The zero-order valence-electron chi connectivity index (χ0n) is 6.75. The summed E-state index contributed by atoms with van der Waals surface area (Å²) in [6.45, 7) is 1.93. The predicted octanol–water partition coefficient (Wildman–Crippen LogP) is -0.443. The molecule has 5 heteroatoms. The van der Waals surface area contributed by atoms with Gasteiger partial charge in [-0.15, -0.1) is 0 Å². The van der Waals surface area contributed by atoms with Gasteiger partial charge in [0.05, 0.1) is 5.75 Å². The minimum absolute atomic E-state index is 0.0126. The van der Waals surface area contributed by atoms with E-state index in [0.29, 0.717) is 6.42 Å². The lowest BCUT2D eigenvalue weighted by Crippen LogP contribution is -2.27. The van der Waals surface area contributed by atoms with Crippen LogP contribution in [-0.4, -0.2) is 32.9 Å². The molecule has 0 radical (unpaired) electrons. The fourth-order valence-corrected chi connectivity index (χ4v) is 0.974. The summed E-state index contributed by atoms with van der Waals surface area (Å²) in [5, 5.41) is 2.47. The number of nitrogens with one attached hydrogen (secondary N) is 1. The highest BCUT2D eigenvalue weighted by molar-refractivity contribution is 7.90. The summed E-state index contributed by atoms with van der Waals surface area (Å²) >= 11 is 0. The molecule has 0 saturated carbocycles. The van der Waals surface area contributed by atoms with Crippen molar-refractivity contribution in [3.8, 4) is 0 Å². The molecule has 0 aliphatic carbocycles. The summed E-state index contributed by atoms with van der Waals surface area (Å²) in [4.78, 5) is 10.6. The van der Waals surface area contributed by atoms with Gasteiger partial charge in [-0.1, -0.05) is 6.92 Å². The first-order valence-corrected chi connectivity index (χ1v) is 5.46. The number of hydrogen-bond acceptors (Lipinski definition) is 3. The van der Waals surface area contributed by atoms with Gasteiger partial charge in [-0.05, 0) is 0 Å². The number of rotatable bonds is 4. The Morgan fingerprint density at radius 1 is 1.45 bits per heavy atom. The molecule has 0 bridgehead atoms. The van der Waals surface area contributed by atoms with Gasteiger partial charge in [0, 0.05) is 19.2 Å². The molecule has 0 atom stereocenters. The highest BCUT2D eigenvalue weighted by atomic mass is 32.2. The second-order valence-electron chi connectivity index (χ2n) is 2.33. The van der Waals surface area contributed by atoms with E-state index < -0.39 is 9.84 Å². The maximum Gasteiger partial charge on any atom is 0.219 e. The third kappa shape index (κ3) is 7.32. The lowest BCUT2D eigenvalue weighted by molar-refractivity contribution is -0.120. The van der Waals surface area contributed by atoms with Crippen molar-refractivity contribution in [2.45, 2.75) is 13.3 Å². The molecule has 66 valence electrons. The van der Waals surface area contributed by atoms with E-state index in [1.165, 1.54) is 0 Å². The second-order valence-corrected chi connectivity index (χ2v) is 4.59. The van der Waals surface area contributed by atoms with E-state index in [0.717, 1.165) is 6.26 Å².